The molecule has 7 nitrogen and oxygen atoms in total. The van der Waals surface area contributed by atoms with E-state index in [2.05, 4.69) is 15.2 Å². The summed E-state index contributed by atoms with van der Waals surface area (Å²) in [7, 11) is 3.08. The van der Waals surface area contributed by atoms with Crippen LogP contribution in [-0.2, 0) is 6.54 Å². The molecule has 0 bridgehead atoms. The molecule has 0 aliphatic heterocycles. The number of carbonyl (C=O) groups excluding carboxylic acids is 1. The van der Waals surface area contributed by atoms with Crippen molar-refractivity contribution >= 4 is 11.7 Å². The third-order valence-corrected chi connectivity index (χ3v) is 4.11. The van der Waals surface area contributed by atoms with E-state index in [0.29, 0.717) is 17.3 Å². The van der Waals surface area contributed by atoms with Crippen LogP contribution >= 0.6 is 0 Å². The molecule has 0 radical (unpaired) electrons. The number of methoxy groups -OCH3 is 2. The molecule has 3 rings (SSSR count). The maximum Gasteiger partial charge on any atom is 0.387 e. The number of carbonyl (C=O) groups is 1. The van der Waals surface area contributed by atoms with Gasteiger partial charge in [0.15, 0.2) is 11.5 Å². The van der Waals surface area contributed by atoms with Crippen molar-refractivity contribution in [1.82, 2.24) is 9.78 Å². The number of hydrogen-bond donors (Lipinski definition) is 1. The number of aromatic nitrogens is 2. The van der Waals surface area contributed by atoms with Crippen molar-refractivity contribution in [3.8, 4) is 17.2 Å². The van der Waals surface area contributed by atoms with E-state index in [1.165, 1.54) is 31.5 Å². The lowest BCUT2D eigenvalue weighted by Crippen LogP contribution is -2.18. The molecule has 0 saturated carbocycles. The summed E-state index contributed by atoms with van der Waals surface area (Å²) in [6, 6.07) is 12.8. The number of amides is 1. The minimum Gasteiger partial charge on any atom is -0.493 e. The van der Waals surface area contributed by atoms with E-state index in [0.717, 1.165) is 5.56 Å². The summed E-state index contributed by atoms with van der Waals surface area (Å²) >= 11 is 0. The second-order valence-corrected chi connectivity index (χ2v) is 5.86. The molecule has 1 N–H and O–H groups in total. The van der Waals surface area contributed by atoms with Crippen LogP contribution in [0.3, 0.4) is 0 Å². The third-order valence-electron chi connectivity index (χ3n) is 4.11. The first-order chi connectivity index (χ1) is 14.0. The first-order valence-electron chi connectivity index (χ1n) is 8.60. The Morgan fingerprint density at radius 1 is 1.07 bits per heavy atom. The van der Waals surface area contributed by atoms with Gasteiger partial charge in [0.25, 0.3) is 5.91 Å². The Kier molecular flexibility index (Phi) is 6.28. The smallest absolute Gasteiger partial charge is 0.387 e. The molecule has 29 heavy (non-hydrogen) atoms. The number of halogens is 2. The van der Waals surface area contributed by atoms with Crippen molar-refractivity contribution in [1.29, 1.82) is 0 Å². The summed E-state index contributed by atoms with van der Waals surface area (Å²) in [6.45, 7) is -2.74. The molecule has 0 aliphatic carbocycles. The molecule has 0 unspecified atom stereocenters. The molecule has 3 aromatic rings. The quantitative estimate of drug-likeness (QED) is 0.619. The molecular formula is C20H19F2N3O4. The highest BCUT2D eigenvalue weighted by atomic mass is 19.3. The molecule has 152 valence electrons. The van der Waals surface area contributed by atoms with Crippen LogP contribution in [0.2, 0.25) is 0 Å². The van der Waals surface area contributed by atoms with Gasteiger partial charge in [0.1, 0.15) is 11.6 Å². The van der Waals surface area contributed by atoms with Crippen molar-refractivity contribution in [2.75, 3.05) is 19.5 Å². The number of hydrogen-bond acceptors (Lipinski definition) is 5. The molecule has 9 heteroatoms. The van der Waals surface area contributed by atoms with Gasteiger partial charge in [-0.25, -0.2) is 4.68 Å². The van der Waals surface area contributed by atoms with E-state index >= 15 is 0 Å². The highest BCUT2D eigenvalue weighted by molar-refractivity contribution is 6.05. The summed E-state index contributed by atoms with van der Waals surface area (Å²) < 4.78 is 41.9. The molecule has 1 aromatic heterocycles. The monoisotopic (exact) mass is 403 g/mol. The standard InChI is InChI=1S/C20H19F2N3O4/c1-27-16-9-5-6-13(18(16)28-2)12-25-17(10-11-23-25)24-19(26)14-7-3-4-8-15(14)29-20(21)22/h3-11,20H,12H2,1-2H3,(H,24,26). The van der Waals surface area contributed by atoms with Crippen LogP contribution in [0, 0.1) is 0 Å². The summed E-state index contributed by atoms with van der Waals surface area (Å²) in [5.41, 5.74) is 0.770. The lowest BCUT2D eigenvalue weighted by atomic mass is 10.2. The Morgan fingerprint density at radius 3 is 2.55 bits per heavy atom. The Morgan fingerprint density at radius 2 is 1.83 bits per heavy atom. The van der Waals surface area contributed by atoms with Crippen molar-refractivity contribution in [2.24, 2.45) is 0 Å². The van der Waals surface area contributed by atoms with Crippen LogP contribution in [-0.4, -0.2) is 36.5 Å². The highest BCUT2D eigenvalue weighted by Gasteiger charge is 2.18. The van der Waals surface area contributed by atoms with E-state index in [1.54, 1.807) is 30.0 Å². The van der Waals surface area contributed by atoms with Crippen LogP contribution in [0.15, 0.2) is 54.7 Å². The predicted molar refractivity (Wildman–Crippen MR) is 102 cm³/mol. The second kappa shape index (κ2) is 9.05. The molecule has 0 aliphatic rings. The van der Waals surface area contributed by atoms with Crippen LogP contribution in [0.5, 0.6) is 17.2 Å². The minimum atomic E-state index is -3.03. The van der Waals surface area contributed by atoms with Crippen LogP contribution in [0.25, 0.3) is 0 Å². The van der Waals surface area contributed by atoms with Gasteiger partial charge in [-0.2, -0.15) is 13.9 Å². The average Bonchev–Trinajstić information content (AvgIpc) is 3.14. The Bertz CT molecular complexity index is 991. The van der Waals surface area contributed by atoms with Gasteiger partial charge in [0, 0.05) is 11.6 Å². The zero-order valence-electron chi connectivity index (χ0n) is 15.8. The molecular weight excluding hydrogens is 384 g/mol. The van der Waals surface area contributed by atoms with Gasteiger partial charge in [-0.1, -0.05) is 24.3 Å². The average molecular weight is 403 g/mol. The topological polar surface area (TPSA) is 74.6 Å². The molecule has 0 atom stereocenters. The van der Waals surface area contributed by atoms with Crippen molar-refractivity contribution in [3.63, 3.8) is 0 Å². The minimum absolute atomic E-state index is 0.0143. The van der Waals surface area contributed by atoms with Gasteiger partial charge in [-0.3, -0.25) is 4.79 Å². The number of alkyl halides is 2. The Labute approximate surface area is 165 Å². The Balaban J connectivity index is 1.83. The van der Waals surface area contributed by atoms with Gasteiger partial charge >= 0.3 is 6.61 Å². The van der Waals surface area contributed by atoms with Gasteiger partial charge in [-0.15, -0.1) is 0 Å². The third kappa shape index (κ3) is 4.63. The molecule has 0 fully saturated rings. The maximum absolute atomic E-state index is 12.6. The van der Waals surface area contributed by atoms with E-state index in [9.17, 15) is 13.6 Å². The zero-order valence-corrected chi connectivity index (χ0v) is 15.8. The normalized spacial score (nSPS) is 10.7. The number of para-hydroxylation sites is 2. The van der Waals surface area contributed by atoms with Crippen molar-refractivity contribution < 1.29 is 27.8 Å². The second-order valence-electron chi connectivity index (χ2n) is 5.86. The van der Waals surface area contributed by atoms with E-state index < -0.39 is 12.5 Å². The van der Waals surface area contributed by atoms with Crippen LogP contribution in [0.1, 0.15) is 15.9 Å². The van der Waals surface area contributed by atoms with Crippen molar-refractivity contribution in [2.45, 2.75) is 13.2 Å². The summed E-state index contributed by atoms with van der Waals surface area (Å²) in [5.74, 6) is 0.701. The van der Waals surface area contributed by atoms with E-state index in [-0.39, 0.29) is 17.9 Å². The van der Waals surface area contributed by atoms with Gasteiger partial charge in [0.2, 0.25) is 0 Å². The maximum atomic E-state index is 12.6. The van der Waals surface area contributed by atoms with E-state index in [4.69, 9.17) is 9.47 Å². The number of rotatable bonds is 8. The fourth-order valence-electron chi connectivity index (χ4n) is 2.84. The summed E-state index contributed by atoms with van der Waals surface area (Å²) in [4.78, 5) is 12.6. The van der Waals surface area contributed by atoms with E-state index in [1.807, 2.05) is 12.1 Å². The first-order valence-corrected chi connectivity index (χ1v) is 8.60. The number of nitrogens with zero attached hydrogens (tertiary/aromatic N) is 2. The molecule has 0 saturated heterocycles. The summed E-state index contributed by atoms with van der Waals surface area (Å²) in [6.07, 6.45) is 1.52. The molecule has 0 spiro atoms. The zero-order chi connectivity index (χ0) is 20.8. The number of ether oxygens (including phenoxy) is 3. The fraction of sp³-hybridized carbons (Fsp3) is 0.200. The van der Waals surface area contributed by atoms with Crippen molar-refractivity contribution in [3.05, 3.63) is 65.9 Å². The molecule has 1 heterocycles. The van der Waals surface area contributed by atoms with Gasteiger partial charge in [0.05, 0.1) is 32.5 Å². The van der Waals surface area contributed by atoms with Crippen LogP contribution in [0.4, 0.5) is 14.6 Å². The van der Waals surface area contributed by atoms with Gasteiger partial charge in [-0.05, 0) is 18.2 Å². The number of benzene rings is 2. The SMILES string of the molecule is COc1cccc(Cn2nccc2NC(=O)c2ccccc2OC(F)F)c1OC. The predicted octanol–water partition coefficient (Wildman–Crippen LogP) is 3.80. The first kappa shape index (κ1) is 20.1. The Hall–Kier alpha value is -3.62. The number of anilines is 1. The summed E-state index contributed by atoms with van der Waals surface area (Å²) in [5, 5.41) is 6.89. The number of nitrogens with one attached hydrogen (secondary N) is 1. The largest absolute Gasteiger partial charge is 0.493 e. The molecule has 1 amide bonds. The lowest BCUT2D eigenvalue weighted by molar-refractivity contribution is -0.0501. The van der Waals surface area contributed by atoms with Gasteiger partial charge < -0.3 is 19.5 Å². The highest BCUT2D eigenvalue weighted by Crippen LogP contribution is 2.31. The molecule has 2 aromatic carbocycles. The fourth-order valence-corrected chi connectivity index (χ4v) is 2.84. The lowest BCUT2D eigenvalue weighted by Gasteiger charge is -2.15. The van der Waals surface area contributed by atoms with Crippen LogP contribution < -0.4 is 19.5 Å².